The van der Waals surface area contributed by atoms with E-state index in [0.29, 0.717) is 38.8 Å². The number of carbonyl (C=O) groups excluding carboxylic acids is 2. The van der Waals surface area contributed by atoms with Crippen LogP contribution in [0.3, 0.4) is 0 Å². The quantitative estimate of drug-likeness (QED) is 0.809. The number of nitrogens with one attached hydrogen (secondary N) is 1. The third-order valence-corrected chi connectivity index (χ3v) is 5.02. The maximum Gasteiger partial charge on any atom is 0.234 e. The van der Waals surface area contributed by atoms with Gasteiger partial charge in [0.2, 0.25) is 11.8 Å². The molecular weight excluding hydrogens is 294 g/mol. The first kappa shape index (κ1) is 18.2. The van der Waals surface area contributed by atoms with Gasteiger partial charge < -0.3 is 15.0 Å². The number of morpholine rings is 1. The van der Waals surface area contributed by atoms with Crippen LogP contribution < -0.4 is 5.32 Å². The van der Waals surface area contributed by atoms with Crippen molar-refractivity contribution in [3.8, 4) is 0 Å². The van der Waals surface area contributed by atoms with E-state index in [1.54, 1.807) is 0 Å². The van der Waals surface area contributed by atoms with Gasteiger partial charge in [0.15, 0.2) is 0 Å². The van der Waals surface area contributed by atoms with Crippen LogP contribution in [0.2, 0.25) is 0 Å². The first-order valence-electron chi connectivity index (χ1n) is 8.85. The SMILES string of the molecule is CC(C)C(C)NC(=O)CN1CCC(C(=O)N2CCOCC2)CC1. The summed E-state index contributed by atoms with van der Waals surface area (Å²) in [4.78, 5) is 28.6. The van der Waals surface area contributed by atoms with Crippen LogP contribution in [0.15, 0.2) is 0 Å². The van der Waals surface area contributed by atoms with E-state index < -0.39 is 0 Å². The van der Waals surface area contributed by atoms with Crippen molar-refractivity contribution < 1.29 is 14.3 Å². The molecule has 2 fully saturated rings. The third kappa shape index (κ3) is 5.46. The van der Waals surface area contributed by atoms with Gasteiger partial charge in [0, 0.05) is 25.0 Å². The minimum atomic E-state index is 0.0872. The van der Waals surface area contributed by atoms with Crippen LogP contribution in [0.25, 0.3) is 0 Å². The van der Waals surface area contributed by atoms with Crippen molar-refractivity contribution in [1.82, 2.24) is 15.1 Å². The normalized spacial score (nSPS) is 22.2. The Balaban J connectivity index is 1.71. The summed E-state index contributed by atoms with van der Waals surface area (Å²) in [6.07, 6.45) is 1.70. The van der Waals surface area contributed by atoms with Crippen molar-refractivity contribution in [1.29, 1.82) is 0 Å². The fraction of sp³-hybridized carbons (Fsp3) is 0.882. The molecule has 2 amide bonds. The second-order valence-electron chi connectivity index (χ2n) is 7.09. The van der Waals surface area contributed by atoms with E-state index in [9.17, 15) is 9.59 Å². The van der Waals surface area contributed by atoms with Gasteiger partial charge in [-0.1, -0.05) is 13.8 Å². The highest BCUT2D eigenvalue weighted by Crippen LogP contribution is 2.20. The Bertz CT molecular complexity index is 400. The first-order valence-corrected chi connectivity index (χ1v) is 8.85. The molecule has 0 aromatic rings. The molecule has 1 atom stereocenters. The molecule has 0 spiro atoms. The second-order valence-corrected chi connectivity index (χ2v) is 7.09. The van der Waals surface area contributed by atoms with Gasteiger partial charge >= 0.3 is 0 Å². The Morgan fingerprint density at radius 2 is 1.70 bits per heavy atom. The zero-order valence-corrected chi connectivity index (χ0v) is 14.7. The molecule has 1 N–H and O–H groups in total. The fourth-order valence-corrected chi connectivity index (χ4v) is 3.05. The second kappa shape index (κ2) is 8.64. The van der Waals surface area contributed by atoms with Crippen LogP contribution >= 0.6 is 0 Å². The van der Waals surface area contributed by atoms with Crippen LogP contribution in [0.5, 0.6) is 0 Å². The molecule has 2 heterocycles. The number of ether oxygens (including phenoxy) is 1. The van der Waals surface area contributed by atoms with Crippen molar-refractivity contribution in [3.05, 3.63) is 0 Å². The summed E-state index contributed by atoms with van der Waals surface area (Å²) < 4.78 is 5.30. The number of nitrogens with zero attached hydrogens (tertiary/aromatic N) is 2. The average molecular weight is 325 g/mol. The molecule has 0 bridgehead atoms. The van der Waals surface area contributed by atoms with Crippen molar-refractivity contribution in [2.45, 2.75) is 39.7 Å². The molecule has 2 aliphatic heterocycles. The molecule has 6 nitrogen and oxygen atoms in total. The number of hydrogen-bond donors (Lipinski definition) is 1. The molecule has 0 aromatic heterocycles. The summed E-state index contributed by atoms with van der Waals surface area (Å²) in [6.45, 7) is 11.1. The minimum absolute atomic E-state index is 0.0872. The lowest BCUT2D eigenvalue weighted by atomic mass is 9.95. The molecule has 2 rings (SSSR count). The van der Waals surface area contributed by atoms with E-state index in [1.165, 1.54) is 0 Å². The Kier molecular flexibility index (Phi) is 6.84. The Hall–Kier alpha value is -1.14. The van der Waals surface area contributed by atoms with Gasteiger partial charge in [-0.25, -0.2) is 0 Å². The maximum atomic E-state index is 12.5. The highest BCUT2D eigenvalue weighted by molar-refractivity contribution is 5.79. The number of amides is 2. The Morgan fingerprint density at radius 1 is 1.09 bits per heavy atom. The molecule has 2 saturated heterocycles. The van der Waals surface area contributed by atoms with Crippen molar-refractivity contribution >= 4 is 11.8 Å². The predicted octanol–water partition coefficient (Wildman–Crippen LogP) is 0.718. The lowest BCUT2D eigenvalue weighted by Gasteiger charge is -2.35. The standard InChI is InChI=1S/C17H31N3O3/c1-13(2)14(3)18-16(21)12-19-6-4-15(5-7-19)17(22)20-8-10-23-11-9-20/h13-15H,4-12H2,1-3H3,(H,18,21). The molecule has 2 aliphatic rings. The maximum absolute atomic E-state index is 12.5. The Morgan fingerprint density at radius 3 is 2.26 bits per heavy atom. The van der Waals surface area contributed by atoms with Gasteiger partial charge in [-0.15, -0.1) is 0 Å². The number of carbonyl (C=O) groups is 2. The van der Waals surface area contributed by atoms with Crippen LogP contribution in [0, 0.1) is 11.8 Å². The summed E-state index contributed by atoms with van der Waals surface area (Å²) in [7, 11) is 0. The van der Waals surface area contributed by atoms with Crippen molar-refractivity contribution in [2.24, 2.45) is 11.8 Å². The fourth-order valence-electron chi connectivity index (χ4n) is 3.05. The van der Waals surface area contributed by atoms with Gasteiger partial charge in [-0.3, -0.25) is 14.5 Å². The van der Waals surface area contributed by atoms with E-state index >= 15 is 0 Å². The van der Waals surface area contributed by atoms with Gasteiger partial charge in [-0.2, -0.15) is 0 Å². The molecular formula is C17H31N3O3. The van der Waals surface area contributed by atoms with Gasteiger partial charge in [-0.05, 0) is 38.8 Å². The molecule has 0 aliphatic carbocycles. The number of rotatable bonds is 5. The zero-order valence-electron chi connectivity index (χ0n) is 14.7. The van der Waals surface area contributed by atoms with E-state index in [0.717, 1.165) is 25.9 Å². The van der Waals surface area contributed by atoms with E-state index in [1.807, 2.05) is 11.8 Å². The molecule has 1 unspecified atom stereocenters. The zero-order chi connectivity index (χ0) is 16.8. The molecule has 0 aromatic carbocycles. The highest BCUT2D eigenvalue weighted by Gasteiger charge is 2.30. The van der Waals surface area contributed by atoms with Crippen molar-refractivity contribution in [3.63, 3.8) is 0 Å². The van der Waals surface area contributed by atoms with E-state index in [-0.39, 0.29) is 23.8 Å². The van der Waals surface area contributed by atoms with E-state index in [4.69, 9.17) is 4.74 Å². The number of piperidine rings is 1. The summed E-state index contributed by atoms with van der Waals surface area (Å²) in [5, 5.41) is 3.04. The van der Waals surface area contributed by atoms with Gasteiger partial charge in [0.05, 0.1) is 19.8 Å². The predicted molar refractivity (Wildman–Crippen MR) is 89.0 cm³/mol. The Labute approximate surface area is 139 Å². The number of likely N-dealkylation sites (tertiary alicyclic amines) is 1. The third-order valence-electron chi connectivity index (χ3n) is 5.02. The lowest BCUT2D eigenvalue weighted by Crippen LogP contribution is -2.49. The van der Waals surface area contributed by atoms with Crippen molar-refractivity contribution in [2.75, 3.05) is 45.9 Å². The summed E-state index contributed by atoms with van der Waals surface area (Å²) in [5.41, 5.74) is 0. The summed E-state index contributed by atoms with van der Waals surface area (Å²) in [5.74, 6) is 0.910. The van der Waals surface area contributed by atoms with Crippen LogP contribution in [-0.2, 0) is 14.3 Å². The lowest BCUT2D eigenvalue weighted by molar-refractivity contribution is -0.141. The largest absolute Gasteiger partial charge is 0.378 e. The molecule has 132 valence electrons. The monoisotopic (exact) mass is 325 g/mol. The van der Waals surface area contributed by atoms with E-state index in [2.05, 4.69) is 24.1 Å². The minimum Gasteiger partial charge on any atom is -0.378 e. The highest BCUT2D eigenvalue weighted by atomic mass is 16.5. The van der Waals surface area contributed by atoms with Gasteiger partial charge in [0.25, 0.3) is 0 Å². The first-order chi connectivity index (χ1) is 11.0. The summed E-state index contributed by atoms with van der Waals surface area (Å²) in [6, 6.07) is 0.197. The molecule has 0 radical (unpaired) electrons. The average Bonchev–Trinajstić information content (AvgIpc) is 2.55. The molecule has 23 heavy (non-hydrogen) atoms. The number of hydrogen-bond acceptors (Lipinski definition) is 4. The van der Waals surface area contributed by atoms with Crippen LogP contribution in [0.4, 0.5) is 0 Å². The van der Waals surface area contributed by atoms with Crippen LogP contribution in [0.1, 0.15) is 33.6 Å². The van der Waals surface area contributed by atoms with Gasteiger partial charge in [0.1, 0.15) is 0 Å². The molecule has 6 heteroatoms. The van der Waals surface area contributed by atoms with Crippen LogP contribution in [-0.4, -0.2) is 73.6 Å². The summed E-state index contributed by atoms with van der Waals surface area (Å²) >= 11 is 0. The smallest absolute Gasteiger partial charge is 0.234 e. The topological polar surface area (TPSA) is 61.9 Å². The molecule has 0 saturated carbocycles.